The molecule has 3 aromatic rings. The second-order valence-corrected chi connectivity index (χ2v) is 6.14. The molecule has 136 valence electrons. The van der Waals surface area contributed by atoms with Crippen LogP contribution in [0.25, 0.3) is 0 Å². The van der Waals surface area contributed by atoms with E-state index in [0.717, 1.165) is 17.1 Å². The number of ether oxygens (including phenoxy) is 2. The molecule has 2 aromatic heterocycles. The van der Waals surface area contributed by atoms with Gasteiger partial charge in [0, 0.05) is 11.6 Å². The zero-order valence-corrected chi connectivity index (χ0v) is 15.5. The van der Waals surface area contributed by atoms with E-state index in [1.165, 1.54) is 0 Å². The lowest BCUT2D eigenvalue weighted by Gasteiger charge is -2.14. The molecule has 0 aliphatic heterocycles. The fourth-order valence-corrected chi connectivity index (χ4v) is 3.24. The molecule has 0 fully saturated rings. The molecule has 1 N–H and O–H groups in total. The quantitative estimate of drug-likeness (QED) is 0.684. The minimum atomic E-state index is -0.240. The number of anilines is 1. The third-order valence-corrected chi connectivity index (χ3v) is 4.63. The van der Waals surface area contributed by atoms with Gasteiger partial charge < -0.3 is 14.8 Å². The summed E-state index contributed by atoms with van der Waals surface area (Å²) in [4.78, 5) is 13.0. The van der Waals surface area contributed by atoms with Gasteiger partial charge in [-0.3, -0.25) is 4.79 Å². The van der Waals surface area contributed by atoms with Crippen LogP contribution in [-0.4, -0.2) is 39.5 Å². The number of rotatable bonds is 7. The number of hydrogen-bond acceptors (Lipinski definition) is 7. The van der Waals surface area contributed by atoms with Gasteiger partial charge in [0.25, 0.3) is 5.91 Å². The van der Waals surface area contributed by atoms with Gasteiger partial charge in [0.2, 0.25) is 0 Å². The SMILES string of the molecule is CCc1nnsc1C(=O)Nc1ccnn1Cc1cccc(OC)c1OC. The van der Waals surface area contributed by atoms with Gasteiger partial charge in [-0.15, -0.1) is 5.10 Å². The first-order chi connectivity index (χ1) is 12.7. The average molecular weight is 373 g/mol. The van der Waals surface area contributed by atoms with Crippen LogP contribution in [0.5, 0.6) is 11.5 Å². The van der Waals surface area contributed by atoms with E-state index in [4.69, 9.17) is 9.47 Å². The molecule has 3 rings (SSSR count). The molecule has 0 bridgehead atoms. The number of carbonyl (C=O) groups is 1. The molecule has 2 heterocycles. The van der Waals surface area contributed by atoms with Crippen molar-refractivity contribution in [2.45, 2.75) is 19.9 Å². The van der Waals surface area contributed by atoms with E-state index >= 15 is 0 Å². The summed E-state index contributed by atoms with van der Waals surface area (Å²) in [7, 11) is 3.19. The summed E-state index contributed by atoms with van der Waals surface area (Å²) < 4.78 is 16.3. The highest BCUT2D eigenvalue weighted by Crippen LogP contribution is 2.31. The Labute approximate surface area is 154 Å². The molecule has 1 aromatic carbocycles. The number of para-hydroxylation sites is 1. The van der Waals surface area contributed by atoms with Crippen LogP contribution >= 0.6 is 11.5 Å². The van der Waals surface area contributed by atoms with Crippen molar-refractivity contribution in [1.82, 2.24) is 19.4 Å². The Morgan fingerprint density at radius 2 is 2.12 bits per heavy atom. The van der Waals surface area contributed by atoms with Crippen molar-refractivity contribution >= 4 is 23.3 Å². The Morgan fingerprint density at radius 1 is 1.27 bits per heavy atom. The maximum Gasteiger partial charge on any atom is 0.270 e. The minimum absolute atomic E-state index is 0.240. The normalized spacial score (nSPS) is 10.6. The van der Waals surface area contributed by atoms with Gasteiger partial charge in [0.05, 0.1) is 32.7 Å². The van der Waals surface area contributed by atoms with E-state index in [-0.39, 0.29) is 5.91 Å². The Morgan fingerprint density at radius 3 is 2.85 bits per heavy atom. The van der Waals surface area contributed by atoms with E-state index in [9.17, 15) is 4.79 Å². The van der Waals surface area contributed by atoms with Gasteiger partial charge in [-0.1, -0.05) is 23.5 Å². The highest BCUT2D eigenvalue weighted by molar-refractivity contribution is 7.08. The van der Waals surface area contributed by atoms with E-state index in [2.05, 4.69) is 20.0 Å². The Balaban J connectivity index is 1.83. The number of hydrogen-bond donors (Lipinski definition) is 1. The average Bonchev–Trinajstić information content (AvgIpc) is 3.30. The number of benzene rings is 1. The number of methoxy groups -OCH3 is 2. The van der Waals surface area contributed by atoms with Crippen LogP contribution in [0.1, 0.15) is 27.9 Å². The molecular weight excluding hydrogens is 354 g/mol. The monoisotopic (exact) mass is 373 g/mol. The lowest BCUT2D eigenvalue weighted by Crippen LogP contribution is -2.16. The smallest absolute Gasteiger partial charge is 0.270 e. The highest BCUT2D eigenvalue weighted by Gasteiger charge is 2.18. The van der Waals surface area contributed by atoms with E-state index in [0.29, 0.717) is 40.9 Å². The summed E-state index contributed by atoms with van der Waals surface area (Å²) in [5.41, 5.74) is 1.58. The summed E-state index contributed by atoms with van der Waals surface area (Å²) >= 11 is 1.09. The van der Waals surface area contributed by atoms with Crippen molar-refractivity contribution in [1.29, 1.82) is 0 Å². The lowest BCUT2D eigenvalue weighted by atomic mass is 10.2. The predicted molar refractivity (Wildman–Crippen MR) is 98.1 cm³/mol. The molecule has 0 atom stereocenters. The van der Waals surface area contributed by atoms with Gasteiger partial charge in [0.15, 0.2) is 11.5 Å². The zero-order valence-electron chi connectivity index (χ0n) is 14.7. The first-order valence-electron chi connectivity index (χ1n) is 8.02. The summed E-state index contributed by atoms with van der Waals surface area (Å²) in [5.74, 6) is 1.63. The Bertz CT molecular complexity index is 905. The standard InChI is InChI=1S/C17H19N5O3S/c1-4-12-16(26-21-20-12)17(23)19-14-8-9-18-22(14)10-11-6-5-7-13(24-2)15(11)25-3/h5-9H,4,10H2,1-3H3,(H,19,23). The van der Waals surface area contributed by atoms with Crippen molar-refractivity contribution in [3.8, 4) is 11.5 Å². The number of carbonyl (C=O) groups excluding carboxylic acids is 1. The molecule has 26 heavy (non-hydrogen) atoms. The molecule has 0 saturated carbocycles. The van der Waals surface area contributed by atoms with Gasteiger partial charge >= 0.3 is 0 Å². The second kappa shape index (κ2) is 7.96. The summed E-state index contributed by atoms with van der Waals surface area (Å²) in [6, 6.07) is 7.38. The maximum atomic E-state index is 12.5. The van der Waals surface area contributed by atoms with Crippen molar-refractivity contribution in [2.24, 2.45) is 0 Å². The van der Waals surface area contributed by atoms with E-state index in [1.807, 2.05) is 25.1 Å². The molecule has 9 heteroatoms. The number of aryl methyl sites for hydroxylation is 1. The molecule has 0 saturated heterocycles. The first kappa shape index (κ1) is 17.9. The van der Waals surface area contributed by atoms with Crippen LogP contribution in [-0.2, 0) is 13.0 Å². The molecule has 1 amide bonds. The fourth-order valence-electron chi connectivity index (χ4n) is 2.59. The Kier molecular flexibility index (Phi) is 5.47. The largest absolute Gasteiger partial charge is 0.493 e. The van der Waals surface area contributed by atoms with Crippen LogP contribution in [0.2, 0.25) is 0 Å². The summed E-state index contributed by atoms with van der Waals surface area (Å²) in [5, 5.41) is 11.1. The third kappa shape index (κ3) is 3.52. The first-order valence-corrected chi connectivity index (χ1v) is 8.79. The van der Waals surface area contributed by atoms with Crippen molar-refractivity contribution in [3.05, 3.63) is 46.6 Å². The third-order valence-electron chi connectivity index (χ3n) is 3.86. The lowest BCUT2D eigenvalue weighted by molar-refractivity contribution is 0.102. The zero-order chi connectivity index (χ0) is 18.5. The molecule has 0 aliphatic carbocycles. The summed E-state index contributed by atoms with van der Waals surface area (Å²) in [6.07, 6.45) is 2.29. The van der Waals surface area contributed by atoms with Crippen LogP contribution in [0, 0.1) is 0 Å². The summed E-state index contributed by atoms with van der Waals surface area (Å²) in [6.45, 7) is 2.36. The number of aromatic nitrogens is 4. The van der Waals surface area contributed by atoms with Gasteiger partial charge in [-0.25, -0.2) is 4.68 Å². The van der Waals surface area contributed by atoms with Crippen LogP contribution in [0.3, 0.4) is 0 Å². The van der Waals surface area contributed by atoms with Gasteiger partial charge in [0.1, 0.15) is 10.7 Å². The predicted octanol–water partition coefficient (Wildman–Crippen LogP) is 2.61. The fraction of sp³-hybridized carbons (Fsp3) is 0.294. The number of nitrogens with zero attached hydrogens (tertiary/aromatic N) is 4. The Hall–Kier alpha value is -2.94. The number of amides is 1. The van der Waals surface area contributed by atoms with E-state index < -0.39 is 0 Å². The van der Waals surface area contributed by atoms with Crippen molar-refractivity contribution in [3.63, 3.8) is 0 Å². The van der Waals surface area contributed by atoms with Crippen molar-refractivity contribution in [2.75, 3.05) is 19.5 Å². The minimum Gasteiger partial charge on any atom is -0.493 e. The second-order valence-electron chi connectivity index (χ2n) is 5.38. The van der Waals surface area contributed by atoms with E-state index in [1.54, 1.807) is 31.2 Å². The van der Waals surface area contributed by atoms with Crippen LogP contribution < -0.4 is 14.8 Å². The molecule has 0 radical (unpaired) electrons. The highest BCUT2D eigenvalue weighted by atomic mass is 32.1. The van der Waals surface area contributed by atoms with Crippen LogP contribution in [0.4, 0.5) is 5.82 Å². The molecule has 0 spiro atoms. The van der Waals surface area contributed by atoms with Gasteiger partial charge in [-0.05, 0) is 24.0 Å². The van der Waals surface area contributed by atoms with Crippen molar-refractivity contribution < 1.29 is 14.3 Å². The molecule has 0 aliphatic rings. The number of nitrogens with one attached hydrogen (secondary N) is 1. The van der Waals surface area contributed by atoms with Crippen LogP contribution in [0.15, 0.2) is 30.5 Å². The topological polar surface area (TPSA) is 91.2 Å². The van der Waals surface area contributed by atoms with Gasteiger partial charge in [-0.2, -0.15) is 5.10 Å². The molecule has 0 unspecified atom stereocenters. The maximum absolute atomic E-state index is 12.5. The molecular formula is C17H19N5O3S. The molecule has 8 nitrogen and oxygen atoms in total.